The Hall–Kier alpha value is -1.49. The molecule has 1 aromatic rings. The zero-order valence-electron chi connectivity index (χ0n) is 8.87. The maximum absolute atomic E-state index is 13.2. The van der Waals surface area contributed by atoms with Crippen molar-refractivity contribution in [3.8, 4) is 0 Å². The molecule has 2 heterocycles. The third-order valence-electron chi connectivity index (χ3n) is 2.70. The molecule has 1 fully saturated rings. The molecule has 1 amide bonds. The quantitative estimate of drug-likeness (QED) is 0.782. The first kappa shape index (κ1) is 11.0. The van der Waals surface area contributed by atoms with E-state index < -0.39 is 0 Å². The molecule has 5 heteroatoms. The van der Waals surface area contributed by atoms with Gasteiger partial charge in [0.15, 0.2) is 0 Å². The second-order valence-electron chi connectivity index (χ2n) is 3.84. The molecule has 1 aliphatic rings. The van der Waals surface area contributed by atoms with Crippen molar-refractivity contribution in [3.05, 3.63) is 29.8 Å². The molecule has 1 atom stereocenters. The number of halogens is 1. The minimum absolute atomic E-state index is 0.00627. The zero-order valence-corrected chi connectivity index (χ0v) is 8.87. The van der Waals surface area contributed by atoms with Gasteiger partial charge in [-0.15, -0.1) is 0 Å². The van der Waals surface area contributed by atoms with Crippen molar-refractivity contribution >= 4 is 5.91 Å². The first-order valence-corrected chi connectivity index (χ1v) is 5.35. The minimum Gasteiger partial charge on any atom is -0.350 e. The van der Waals surface area contributed by atoms with Crippen LogP contribution >= 0.6 is 0 Å². The molecular weight excluding hydrogens is 209 g/mol. The van der Waals surface area contributed by atoms with Crippen molar-refractivity contribution in [1.82, 2.24) is 15.6 Å². The Balaban J connectivity index is 1.87. The monoisotopic (exact) mass is 223 g/mol. The molecule has 16 heavy (non-hydrogen) atoms. The summed E-state index contributed by atoms with van der Waals surface area (Å²) in [6.45, 7) is 1.73. The fraction of sp³-hybridized carbons (Fsp3) is 0.455. The molecule has 0 unspecified atom stereocenters. The van der Waals surface area contributed by atoms with E-state index in [9.17, 15) is 9.18 Å². The Kier molecular flexibility index (Phi) is 3.46. The van der Waals surface area contributed by atoms with E-state index in [1.54, 1.807) is 0 Å². The Morgan fingerprint density at radius 1 is 1.69 bits per heavy atom. The molecule has 0 bridgehead atoms. The lowest BCUT2D eigenvalue weighted by atomic mass is 10.1. The zero-order chi connectivity index (χ0) is 11.4. The molecule has 2 N–H and O–H groups in total. The van der Waals surface area contributed by atoms with Gasteiger partial charge in [0.2, 0.25) is 5.91 Å². The van der Waals surface area contributed by atoms with E-state index in [4.69, 9.17) is 0 Å². The van der Waals surface area contributed by atoms with Crippen molar-refractivity contribution in [1.29, 1.82) is 0 Å². The van der Waals surface area contributed by atoms with Gasteiger partial charge in [0.1, 0.15) is 5.82 Å². The van der Waals surface area contributed by atoms with E-state index >= 15 is 0 Å². The van der Waals surface area contributed by atoms with E-state index in [1.807, 2.05) is 0 Å². The molecule has 0 saturated carbocycles. The van der Waals surface area contributed by atoms with Gasteiger partial charge in [-0.2, -0.15) is 0 Å². The highest BCUT2D eigenvalue weighted by Gasteiger charge is 2.22. The predicted molar refractivity (Wildman–Crippen MR) is 57.0 cm³/mol. The number of amides is 1. The predicted octanol–water partition coefficient (Wildman–Crippen LogP) is 0.446. The molecule has 86 valence electrons. The van der Waals surface area contributed by atoms with Gasteiger partial charge in [0.25, 0.3) is 0 Å². The summed E-state index contributed by atoms with van der Waals surface area (Å²) in [7, 11) is 0. The molecule has 1 saturated heterocycles. The van der Waals surface area contributed by atoms with Crippen molar-refractivity contribution < 1.29 is 9.18 Å². The highest BCUT2D eigenvalue weighted by Crippen LogP contribution is 2.08. The number of hydrogen-bond acceptors (Lipinski definition) is 3. The lowest BCUT2D eigenvalue weighted by Gasteiger charge is -2.09. The van der Waals surface area contributed by atoms with Gasteiger partial charge < -0.3 is 10.6 Å². The van der Waals surface area contributed by atoms with E-state index in [0.29, 0.717) is 6.54 Å². The first-order chi connectivity index (χ1) is 7.77. The normalized spacial score (nSPS) is 19.7. The summed E-state index contributed by atoms with van der Waals surface area (Å²) in [5.41, 5.74) is 0.279. The standard InChI is InChI=1S/C11H14FN3O/c12-9-2-1-4-14-10(9)7-15-11(16)8-3-5-13-6-8/h1-2,4,8,13H,3,5-7H2,(H,15,16)/t8-/m1/s1. The number of aromatic nitrogens is 1. The maximum atomic E-state index is 13.2. The summed E-state index contributed by atoms with van der Waals surface area (Å²) < 4.78 is 13.2. The van der Waals surface area contributed by atoms with Crippen LogP contribution in [-0.4, -0.2) is 24.0 Å². The van der Waals surface area contributed by atoms with Gasteiger partial charge in [-0.3, -0.25) is 9.78 Å². The Morgan fingerprint density at radius 3 is 3.25 bits per heavy atom. The first-order valence-electron chi connectivity index (χ1n) is 5.35. The highest BCUT2D eigenvalue weighted by molar-refractivity contribution is 5.79. The summed E-state index contributed by atoms with van der Waals surface area (Å²) in [5.74, 6) is -0.408. The van der Waals surface area contributed by atoms with Crippen molar-refractivity contribution in [3.63, 3.8) is 0 Å². The molecule has 0 spiro atoms. The van der Waals surface area contributed by atoms with Gasteiger partial charge >= 0.3 is 0 Å². The van der Waals surface area contributed by atoms with Gasteiger partial charge in [-0.05, 0) is 25.1 Å². The molecule has 0 radical (unpaired) electrons. The fourth-order valence-electron chi connectivity index (χ4n) is 1.74. The Labute approximate surface area is 93.3 Å². The summed E-state index contributed by atoms with van der Waals surface area (Å²) in [4.78, 5) is 15.5. The van der Waals surface area contributed by atoms with Crippen LogP contribution in [0.3, 0.4) is 0 Å². The van der Waals surface area contributed by atoms with Crippen molar-refractivity contribution in [2.24, 2.45) is 5.92 Å². The van der Waals surface area contributed by atoms with Crippen LogP contribution in [0.4, 0.5) is 4.39 Å². The van der Waals surface area contributed by atoms with Crippen LogP contribution in [0.5, 0.6) is 0 Å². The van der Waals surface area contributed by atoms with Crippen molar-refractivity contribution in [2.45, 2.75) is 13.0 Å². The van der Waals surface area contributed by atoms with Crippen LogP contribution < -0.4 is 10.6 Å². The van der Waals surface area contributed by atoms with Crippen LogP contribution in [-0.2, 0) is 11.3 Å². The van der Waals surface area contributed by atoms with Crippen molar-refractivity contribution in [2.75, 3.05) is 13.1 Å². The fourth-order valence-corrected chi connectivity index (χ4v) is 1.74. The second-order valence-corrected chi connectivity index (χ2v) is 3.84. The van der Waals surface area contributed by atoms with E-state index in [1.165, 1.54) is 18.3 Å². The molecule has 1 aliphatic heterocycles. The van der Waals surface area contributed by atoms with Gasteiger partial charge in [0.05, 0.1) is 18.2 Å². The van der Waals surface area contributed by atoms with E-state index in [-0.39, 0.29) is 29.9 Å². The average molecular weight is 223 g/mol. The van der Waals surface area contributed by atoms with Gasteiger partial charge in [-0.25, -0.2) is 4.39 Å². The topological polar surface area (TPSA) is 54.0 Å². The molecule has 2 rings (SSSR count). The number of pyridine rings is 1. The smallest absolute Gasteiger partial charge is 0.224 e. The third-order valence-corrected chi connectivity index (χ3v) is 2.70. The SMILES string of the molecule is O=C(NCc1ncccc1F)[C@@H]1CCNC1. The van der Waals surface area contributed by atoms with E-state index in [0.717, 1.165) is 13.0 Å². The number of nitrogens with zero attached hydrogens (tertiary/aromatic N) is 1. The number of hydrogen-bond donors (Lipinski definition) is 2. The summed E-state index contributed by atoms with van der Waals surface area (Å²) in [5, 5.41) is 5.81. The third kappa shape index (κ3) is 2.55. The summed E-state index contributed by atoms with van der Waals surface area (Å²) in [6, 6.07) is 2.87. The summed E-state index contributed by atoms with van der Waals surface area (Å²) in [6.07, 6.45) is 2.36. The maximum Gasteiger partial charge on any atom is 0.224 e. The van der Waals surface area contributed by atoms with Crippen LogP contribution in [0.2, 0.25) is 0 Å². The van der Waals surface area contributed by atoms with Gasteiger partial charge in [-0.1, -0.05) is 0 Å². The highest BCUT2D eigenvalue weighted by atomic mass is 19.1. The van der Waals surface area contributed by atoms with Crippen LogP contribution in [0, 0.1) is 11.7 Å². The number of carbonyl (C=O) groups is 1. The molecule has 0 aliphatic carbocycles. The van der Waals surface area contributed by atoms with Crippen LogP contribution in [0.1, 0.15) is 12.1 Å². The van der Waals surface area contributed by atoms with E-state index in [2.05, 4.69) is 15.6 Å². The largest absolute Gasteiger partial charge is 0.350 e. The van der Waals surface area contributed by atoms with Crippen LogP contribution in [0.15, 0.2) is 18.3 Å². The molecular formula is C11H14FN3O. The second kappa shape index (κ2) is 5.03. The number of rotatable bonds is 3. The van der Waals surface area contributed by atoms with Gasteiger partial charge in [0, 0.05) is 12.7 Å². The molecule has 0 aromatic carbocycles. The Morgan fingerprint density at radius 2 is 2.56 bits per heavy atom. The minimum atomic E-state index is -0.382. The lowest BCUT2D eigenvalue weighted by Crippen LogP contribution is -2.31. The van der Waals surface area contributed by atoms with Crippen LogP contribution in [0.25, 0.3) is 0 Å². The molecule has 1 aromatic heterocycles. The lowest BCUT2D eigenvalue weighted by molar-refractivity contribution is -0.124. The number of nitrogens with one attached hydrogen (secondary N) is 2. The Bertz CT molecular complexity index is 377. The summed E-state index contributed by atoms with van der Waals surface area (Å²) >= 11 is 0. The molecule has 4 nitrogen and oxygen atoms in total. The average Bonchev–Trinajstić information content (AvgIpc) is 2.81. The number of carbonyl (C=O) groups excluding carboxylic acids is 1.